The topological polar surface area (TPSA) is 99.0 Å². The van der Waals surface area contributed by atoms with E-state index in [0.717, 1.165) is 5.56 Å². The number of aromatic hydroxyl groups is 2. The lowest BCUT2D eigenvalue weighted by Crippen LogP contribution is -2.21. The first-order valence-corrected chi connectivity index (χ1v) is 8.35. The lowest BCUT2D eigenvalue weighted by molar-refractivity contribution is 0.459. The lowest BCUT2D eigenvalue weighted by atomic mass is 10.1. The van der Waals surface area contributed by atoms with E-state index in [9.17, 15) is 18.6 Å². The predicted molar refractivity (Wildman–Crippen MR) is 88.2 cm³/mol. The molecule has 0 saturated carbocycles. The SMILES string of the molecule is C/C(=N\NS(=O)(=O)c1ccc(C)cc1C)c1cc(O)ccc1O. The number of hydrazone groups is 1. The average molecular weight is 334 g/mol. The zero-order chi connectivity index (χ0) is 17.2. The van der Waals surface area contributed by atoms with Crippen LogP contribution in [-0.2, 0) is 10.0 Å². The molecule has 0 saturated heterocycles. The molecule has 0 spiro atoms. The number of phenolic OH excluding ortho intramolecular Hbond substituents is 2. The van der Waals surface area contributed by atoms with Gasteiger partial charge in [-0.25, -0.2) is 0 Å². The Kier molecular flexibility index (Phi) is 4.60. The smallest absolute Gasteiger partial charge is 0.276 e. The molecule has 0 heterocycles. The minimum atomic E-state index is -3.82. The van der Waals surface area contributed by atoms with Gasteiger partial charge >= 0.3 is 0 Å². The summed E-state index contributed by atoms with van der Waals surface area (Å²) < 4.78 is 24.6. The van der Waals surface area contributed by atoms with Gasteiger partial charge in [0.15, 0.2) is 0 Å². The molecule has 0 unspecified atom stereocenters. The molecule has 0 atom stereocenters. The molecule has 0 amide bonds. The molecule has 0 aromatic heterocycles. The van der Waals surface area contributed by atoms with Crippen molar-refractivity contribution in [3.63, 3.8) is 0 Å². The average Bonchev–Trinajstić information content (AvgIpc) is 2.47. The van der Waals surface area contributed by atoms with Crippen LogP contribution < -0.4 is 4.83 Å². The molecule has 122 valence electrons. The monoisotopic (exact) mass is 334 g/mol. The summed E-state index contributed by atoms with van der Waals surface area (Å²) in [5, 5.41) is 23.0. The first-order chi connectivity index (χ1) is 10.7. The van der Waals surface area contributed by atoms with Crippen molar-refractivity contribution in [2.45, 2.75) is 25.7 Å². The van der Waals surface area contributed by atoms with Gasteiger partial charge in [0.2, 0.25) is 0 Å². The maximum atomic E-state index is 12.3. The van der Waals surface area contributed by atoms with Crippen LogP contribution in [0.5, 0.6) is 11.5 Å². The fourth-order valence-electron chi connectivity index (χ4n) is 2.15. The molecule has 0 aliphatic carbocycles. The highest BCUT2D eigenvalue weighted by Gasteiger charge is 2.16. The van der Waals surface area contributed by atoms with Crippen molar-refractivity contribution >= 4 is 15.7 Å². The largest absolute Gasteiger partial charge is 0.508 e. The Hall–Kier alpha value is -2.54. The fraction of sp³-hybridized carbons (Fsp3) is 0.188. The number of aryl methyl sites for hydroxylation is 2. The molecule has 2 aromatic rings. The summed E-state index contributed by atoms with van der Waals surface area (Å²) in [5.41, 5.74) is 2.05. The molecular weight excluding hydrogens is 316 g/mol. The van der Waals surface area contributed by atoms with E-state index in [1.165, 1.54) is 31.2 Å². The van der Waals surface area contributed by atoms with Crippen molar-refractivity contribution in [1.82, 2.24) is 4.83 Å². The number of phenols is 2. The number of rotatable bonds is 4. The lowest BCUT2D eigenvalue weighted by Gasteiger charge is -2.09. The third kappa shape index (κ3) is 3.81. The summed E-state index contributed by atoms with van der Waals surface area (Å²) in [6.45, 7) is 5.11. The van der Waals surface area contributed by atoms with Gasteiger partial charge in [-0.05, 0) is 50.6 Å². The normalized spacial score (nSPS) is 12.2. The quantitative estimate of drug-likeness (QED) is 0.454. The highest BCUT2D eigenvalue weighted by atomic mass is 32.2. The van der Waals surface area contributed by atoms with Crippen LogP contribution in [0.3, 0.4) is 0 Å². The molecule has 0 fully saturated rings. The Labute approximate surface area is 135 Å². The van der Waals surface area contributed by atoms with Crippen molar-refractivity contribution in [1.29, 1.82) is 0 Å². The molecule has 7 heteroatoms. The molecule has 2 rings (SSSR count). The number of nitrogens with zero attached hydrogens (tertiary/aromatic N) is 1. The minimum absolute atomic E-state index is 0.0513. The molecule has 3 N–H and O–H groups in total. The van der Waals surface area contributed by atoms with Crippen LogP contribution in [0.2, 0.25) is 0 Å². The molecule has 2 aromatic carbocycles. The first-order valence-electron chi connectivity index (χ1n) is 6.86. The third-order valence-electron chi connectivity index (χ3n) is 3.32. The first kappa shape index (κ1) is 16.8. The number of sulfonamides is 1. The Balaban J connectivity index is 2.32. The number of hydrogen-bond acceptors (Lipinski definition) is 5. The predicted octanol–water partition coefficient (Wildman–Crippen LogP) is 2.42. The summed E-state index contributed by atoms with van der Waals surface area (Å²) in [7, 11) is -3.82. The zero-order valence-electron chi connectivity index (χ0n) is 13.0. The van der Waals surface area contributed by atoms with Gasteiger partial charge in [0.1, 0.15) is 11.5 Å². The maximum Gasteiger partial charge on any atom is 0.276 e. The Bertz CT molecular complexity index is 874. The third-order valence-corrected chi connectivity index (χ3v) is 4.69. The zero-order valence-corrected chi connectivity index (χ0v) is 13.8. The summed E-state index contributed by atoms with van der Waals surface area (Å²) in [4.78, 5) is 2.29. The van der Waals surface area contributed by atoms with E-state index >= 15 is 0 Å². The van der Waals surface area contributed by atoms with Crippen molar-refractivity contribution < 1.29 is 18.6 Å². The van der Waals surface area contributed by atoms with Crippen LogP contribution in [0, 0.1) is 13.8 Å². The maximum absolute atomic E-state index is 12.3. The van der Waals surface area contributed by atoms with E-state index in [1.807, 2.05) is 6.92 Å². The van der Waals surface area contributed by atoms with E-state index in [1.54, 1.807) is 19.1 Å². The number of nitrogens with one attached hydrogen (secondary N) is 1. The Morgan fingerprint density at radius 3 is 2.43 bits per heavy atom. The highest BCUT2D eigenvalue weighted by Crippen LogP contribution is 2.23. The molecule has 0 radical (unpaired) electrons. The van der Waals surface area contributed by atoms with Crippen molar-refractivity contribution in [2.24, 2.45) is 5.10 Å². The van der Waals surface area contributed by atoms with Gasteiger partial charge in [0.25, 0.3) is 10.0 Å². The van der Waals surface area contributed by atoms with Gasteiger partial charge in [-0.3, -0.25) is 0 Å². The van der Waals surface area contributed by atoms with E-state index in [0.29, 0.717) is 5.56 Å². The van der Waals surface area contributed by atoms with E-state index in [4.69, 9.17) is 0 Å². The fourth-order valence-corrected chi connectivity index (χ4v) is 3.24. The summed E-state index contributed by atoms with van der Waals surface area (Å²) in [5.74, 6) is -0.153. The summed E-state index contributed by atoms with van der Waals surface area (Å²) >= 11 is 0. The van der Waals surface area contributed by atoms with Gasteiger partial charge in [-0.15, -0.1) is 0 Å². The minimum Gasteiger partial charge on any atom is -0.508 e. The van der Waals surface area contributed by atoms with Gasteiger partial charge < -0.3 is 10.2 Å². The molecule has 6 nitrogen and oxygen atoms in total. The van der Waals surface area contributed by atoms with Crippen molar-refractivity contribution in [3.05, 3.63) is 53.1 Å². The van der Waals surface area contributed by atoms with Gasteiger partial charge in [0.05, 0.1) is 10.6 Å². The highest BCUT2D eigenvalue weighted by molar-refractivity contribution is 7.89. The van der Waals surface area contributed by atoms with Gasteiger partial charge in [0, 0.05) is 5.56 Å². The summed E-state index contributed by atoms with van der Waals surface area (Å²) in [6, 6.07) is 8.93. The Morgan fingerprint density at radius 2 is 1.78 bits per heavy atom. The summed E-state index contributed by atoms with van der Waals surface area (Å²) in [6.07, 6.45) is 0. The molecule has 23 heavy (non-hydrogen) atoms. The van der Waals surface area contributed by atoms with Gasteiger partial charge in [-0.2, -0.15) is 18.4 Å². The number of benzene rings is 2. The molecule has 0 aliphatic rings. The van der Waals surface area contributed by atoms with E-state index in [2.05, 4.69) is 9.93 Å². The molecule has 0 bridgehead atoms. The van der Waals surface area contributed by atoms with Crippen molar-refractivity contribution in [2.75, 3.05) is 0 Å². The molecular formula is C16H18N2O4S. The Morgan fingerprint density at radius 1 is 1.09 bits per heavy atom. The standard InChI is InChI=1S/C16H18N2O4S/c1-10-4-7-16(11(2)8-10)23(21,22)18-17-12(3)14-9-13(19)5-6-15(14)20/h4-9,18-20H,1-3H3/b17-12+. The van der Waals surface area contributed by atoms with Crippen LogP contribution in [0.25, 0.3) is 0 Å². The van der Waals surface area contributed by atoms with Crippen LogP contribution in [0.1, 0.15) is 23.6 Å². The second-order valence-corrected chi connectivity index (χ2v) is 6.89. The van der Waals surface area contributed by atoms with Crippen LogP contribution in [-0.4, -0.2) is 24.3 Å². The van der Waals surface area contributed by atoms with Crippen LogP contribution in [0.15, 0.2) is 46.4 Å². The van der Waals surface area contributed by atoms with Gasteiger partial charge in [-0.1, -0.05) is 17.7 Å². The van der Waals surface area contributed by atoms with Crippen molar-refractivity contribution in [3.8, 4) is 11.5 Å². The van der Waals surface area contributed by atoms with E-state index < -0.39 is 10.0 Å². The second-order valence-electron chi connectivity index (χ2n) is 5.26. The van der Waals surface area contributed by atoms with E-state index in [-0.39, 0.29) is 27.7 Å². The second kappa shape index (κ2) is 6.29. The molecule has 0 aliphatic heterocycles. The number of hydrogen-bond donors (Lipinski definition) is 3. The van der Waals surface area contributed by atoms with Crippen LogP contribution in [0.4, 0.5) is 0 Å². The van der Waals surface area contributed by atoms with Crippen LogP contribution >= 0.6 is 0 Å².